The summed E-state index contributed by atoms with van der Waals surface area (Å²) in [4.78, 5) is 4.15. The highest BCUT2D eigenvalue weighted by atomic mass is 123. The second kappa shape index (κ2) is 3.14. The van der Waals surface area contributed by atoms with Crippen molar-refractivity contribution in [2.75, 3.05) is 0 Å². The Bertz CT molecular complexity index is 468. The molecule has 1 aromatic heterocycles. The number of aromatic hydroxyl groups is 1. The van der Waals surface area contributed by atoms with E-state index in [1.165, 1.54) is 0 Å². The van der Waals surface area contributed by atoms with Crippen LogP contribution in [0.3, 0.4) is 0 Å². The molecule has 0 bridgehead atoms. The number of nitrogens with zero attached hydrogens (tertiary/aromatic N) is 1. The molecule has 0 radical (unpaired) electrons. The lowest BCUT2D eigenvalue weighted by molar-refractivity contribution is 0.476. The van der Waals surface area contributed by atoms with Crippen molar-refractivity contribution in [2.24, 2.45) is 0 Å². The van der Waals surface area contributed by atoms with Crippen LogP contribution in [-0.2, 0) is 0 Å². The van der Waals surface area contributed by atoms with E-state index < -0.39 is 0 Å². The van der Waals surface area contributed by atoms with E-state index in [-0.39, 0.29) is 5.75 Å². The standard InChI is InChI=1S/C10H8INO/c1-6-5-8(11)7-3-2-4-12-9(7)10(6)13/h2-5,13H,1H3/i11-4. The Hall–Kier alpha value is -0.840. The van der Waals surface area contributed by atoms with E-state index in [0.717, 1.165) is 14.5 Å². The van der Waals surface area contributed by atoms with Gasteiger partial charge in [0.15, 0.2) is 0 Å². The van der Waals surface area contributed by atoms with Gasteiger partial charge in [0, 0.05) is 15.2 Å². The van der Waals surface area contributed by atoms with Crippen molar-refractivity contribution in [1.82, 2.24) is 4.98 Å². The highest BCUT2D eigenvalue weighted by molar-refractivity contribution is 14.1. The van der Waals surface area contributed by atoms with E-state index in [4.69, 9.17) is 0 Å². The van der Waals surface area contributed by atoms with Crippen LogP contribution in [0.1, 0.15) is 5.56 Å². The molecule has 0 aliphatic heterocycles. The Balaban J connectivity index is 2.97. The summed E-state index contributed by atoms with van der Waals surface area (Å²) >= 11 is 2.25. The highest BCUT2D eigenvalue weighted by Gasteiger charge is 2.06. The van der Waals surface area contributed by atoms with Gasteiger partial charge >= 0.3 is 0 Å². The zero-order valence-corrected chi connectivity index (χ0v) is 9.24. The van der Waals surface area contributed by atoms with Crippen molar-refractivity contribution in [2.45, 2.75) is 6.92 Å². The van der Waals surface area contributed by atoms with Crippen LogP contribution in [0.4, 0.5) is 0 Å². The third-order valence-corrected chi connectivity index (χ3v) is 2.90. The lowest BCUT2D eigenvalue weighted by Gasteiger charge is -2.04. The van der Waals surface area contributed by atoms with Crippen molar-refractivity contribution >= 4 is 33.5 Å². The number of pyridine rings is 1. The summed E-state index contributed by atoms with van der Waals surface area (Å²) in [5.74, 6) is 0.288. The summed E-state index contributed by atoms with van der Waals surface area (Å²) < 4.78 is 1.12. The fraction of sp³-hybridized carbons (Fsp3) is 0.100. The van der Waals surface area contributed by atoms with Crippen LogP contribution >= 0.6 is 22.6 Å². The van der Waals surface area contributed by atoms with E-state index in [1.54, 1.807) is 6.20 Å². The molecule has 2 nitrogen and oxygen atoms in total. The first-order valence-corrected chi connectivity index (χ1v) is 5.01. The number of aryl methyl sites for hydroxylation is 1. The Morgan fingerprint density at radius 2 is 2.23 bits per heavy atom. The number of fused-ring (bicyclic) bond motifs is 1. The topological polar surface area (TPSA) is 33.1 Å². The predicted molar refractivity (Wildman–Crippen MR) is 60.9 cm³/mol. The van der Waals surface area contributed by atoms with Crippen LogP contribution in [0.15, 0.2) is 24.4 Å². The molecule has 2 rings (SSSR count). The fourth-order valence-electron chi connectivity index (χ4n) is 1.31. The summed E-state index contributed by atoms with van der Waals surface area (Å²) in [6.45, 7) is 1.88. The van der Waals surface area contributed by atoms with Crippen molar-refractivity contribution in [1.29, 1.82) is 0 Å². The van der Waals surface area contributed by atoms with E-state index in [0.29, 0.717) is 5.52 Å². The Labute approximate surface area is 89.8 Å². The largest absolute Gasteiger partial charge is 0.505 e. The van der Waals surface area contributed by atoms with Crippen LogP contribution < -0.4 is 0 Å². The summed E-state index contributed by atoms with van der Waals surface area (Å²) in [5, 5.41) is 10.7. The normalized spacial score (nSPS) is 10.6. The molecule has 0 aliphatic carbocycles. The number of hydrogen-bond donors (Lipinski definition) is 1. The Morgan fingerprint density at radius 3 is 3.00 bits per heavy atom. The fourth-order valence-corrected chi connectivity index (χ4v) is 2.21. The van der Waals surface area contributed by atoms with Gasteiger partial charge in [-0.25, -0.2) is 0 Å². The van der Waals surface area contributed by atoms with Gasteiger partial charge in [0.25, 0.3) is 0 Å². The maximum atomic E-state index is 9.72. The third-order valence-electron chi connectivity index (χ3n) is 2.01. The van der Waals surface area contributed by atoms with Gasteiger partial charge in [0.1, 0.15) is 11.3 Å². The van der Waals surface area contributed by atoms with Crippen molar-refractivity contribution in [3.8, 4) is 5.75 Å². The van der Waals surface area contributed by atoms with E-state index in [9.17, 15) is 5.11 Å². The summed E-state index contributed by atoms with van der Waals surface area (Å²) in [6.07, 6.45) is 1.69. The van der Waals surface area contributed by atoms with Crippen molar-refractivity contribution in [3.63, 3.8) is 0 Å². The summed E-state index contributed by atoms with van der Waals surface area (Å²) in [7, 11) is 0. The molecule has 0 aliphatic rings. The minimum absolute atomic E-state index is 0.288. The van der Waals surface area contributed by atoms with E-state index in [1.807, 2.05) is 25.1 Å². The minimum atomic E-state index is 0.288. The Morgan fingerprint density at radius 1 is 1.46 bits per heavy atom. The zero-order chi connectivity index (χ0) is 9.42. The molecule has 0 saturated carbocycles. The van der Waals surface area contributed by atoms with Gasteiger partial charge in [-0.3, -0.25) is 4.98 Å². The van der Waals surface area contributed by atoms with Gasteiger partial charge in [0.05, 0.1) is 0 Å². The molecular formula is C10H8INO. The molecule has 0 unspecified atom stereocenters. The zero-order valence-electron chi connectivity index (χ0n) is 7.08. The summed E-state index contributed by atoms with van der Waals surface area (Å²) in [6, 6.07) is 5.79. The number of aromatic nitrogens is 1. The molecule has 3 heteroatoms. The van der Waals surface area contributed by atoms with Crippen molar-refractivity contribution in [3.05, 3.63) is 33.5 Å². The molecule has 0 saturated heterocycles. The minimum Gasteiger partial charge on any atom is -0.505 e. The SMILES string of the molecule is Cc1cc([123I])c2cccnc2c1O. The molecule has 0 fully saturated rings. The van der Waals surface area contributed by atoms with Crippen LogP contribution in [0.25, 0.3) is 10.9 Å². The molecule has 0 spiro atoms. The first-order valence-electron chi connectivity index (χ1n) is 3.93. The second-order valence-corrected chi connectivity index (χ2v) is 4.09. The molecule has 0 amide bonds. The van der Waals surface area contributed by atoms with Crippen LogP contribution in [-0.4, -0.2) is 10.1 Å². The van der Waals surface area contributed by atoms with Gasteiger partial charge in [-0.15, -0.1) is 0 Å². The van der Waals surface area contributed by atoms with Gasteiger partial charge in [0.2, 0.25) is 0 Å². The number of hydrogen-bond acceptors (Lipinski definition) is 2. The molecule has 66 valence electrons. The van der Waals surface area contributed by atoms with Crippen LogP contribution in [0, 0.1) is 10.5 Å². The third kappa shape index (κ3) is 1.37. The molecule has 0 atom stereocenters. The quantitative estimate of drug-likeness (QED) is 0.753. The summed E-state index contributed by atoms with van der Waals surface area (Å²) in [5.41, 5.74) is 1.56. The number of benzene rings is 1. The van der Waals surface area contributed by atoms with E-state index in [2.05, 4.69) is 27.6 Å². The average Bonchev–Trinajstić information content (AvgIpc) is 2.15. The molecule has 13 heavy (non-hydrogen) atoms. The maximum Gasteiger partial charge on any atom is 0.144 e. The van der Waals surface area contributed by atoms with E-state index >= 15 is 0 Å². The smallest absolute Gasteiger partial charge is 0.144 e. The predicted octanol–water partition coefficient (Wildman–Crippen LogP) is 2.85. The van der Waals surface area contributed by atoms with Gasteiger partial charge in [-0.2, -0.15) is 0 Å². The van der Waals surface area contributed by atoms with Crippen LogP contribution in [0.2, 0.25) is 0 Å². The lowest BCUT2D eigenvalue weighted by atomic mass is 10.1. The highest BCUT2D eigenvalue weighted by Crippen LogP contribution is 2.29. The second-order valence-electron chi connectivity index (χ2n) is 2.92. The maximum absolute atomic E-state index is 9.72. The number of halogens is 1. The first-order chi connectivity index (χ1) is 6.20. The van der Waals surface area contributed by atoms with Gasteiger partial charge < -0.3 is 5.11 Å². The van der Waals surface area contributed by atoms with Crippen LogP contribution in [0.5, 0.6) is 5.75 Å². The molecule has 1 N–H and O–H groups in total. The monoisotopic (exact) mass is 281 g/mol. The van der Waals surface area contributed by atoms with Gasteiger partial charge in [-0.1, -0.05) is 6.07 Å². The molecule has 1 aromatic carbocycles. The molecule has 2 aromatic rings. The average molecular weight is 281 g/mol. The number of rotatable bonds is 0. The lowest BCUT2D eigenvalue weighted by Crippen LogP contribution is -1.85. The molecule has 1 heterocycles. The van der Waals surface area contributed by atoms with Crippen molar-refractivity contribution < 1.29 is 5.11 Å². The molecular weight excluding hydrogens is 273 g/mol. The Kier molecular flexibility index (Phi) is 2.11. The number of phenols is 1. The van der Waals surface area contributed by atoms with Gasteiger partial charge in [-0.05, 0) is 47.2 Å². The first kappa shape index (κ1) is 8.74. The number of phenolic OH excluding ortho intramolecular Hbond substituents is 1.